The lowest BCUT2D eigenvalue weighted by Crippen LogP contribution is -2.34. The van der Waals surface area contributed by atoms with Crippen LogP contribution in [0.5, 0.6) is 0 Å². The number of pyridine rings is 1. The quantitative estimate of drug-likeness (QED) is 0.670. The number of carbonyl (C=O) groups is 2. The van der Waals surface area contributed by atoms with Gasteiger partial charge in [-0.15, -0.1) is 17.5 Å². The number of hydrogen-bond acceptors (Lipinski definition) is 7. The smallest absolute Gasteiger partial charge is 0.262 e. The van der Waals surface area contributed by atoms with Crippen molar-refractivity contribution in [3.8, 4) is 11.9 Å². The monoisotopic (exact) mass is 395 g/mol. The average Bonchev–Trinajstić information content (AvgIpc) is 3.20. The Balaban J connectivity index is 0.00000225. The Morgan fingerprint density at radius 2 is 1.75 bits per heavy atom. The average molecular weight is 396 g/mol. The molecule has 0 fully saturated rings. The molecule has 3 aromatic rings. The molecule has 1 unspecified atom stereocenters. The van der Waals surface area contributed by atoms with Crippen molar-refractivity contribution in [1.82, 2.24) is 24.6 Å². The number of carbonyl (C=O) groups excluding carboxylic acids is 2. The molecule has 9 nitrogen and oxygen atoms in total. The third-order valence-electron chi connectivity index (χ3n) is 4.33. The van der Waals surface area contributed by atoms with Crippen LogP contribution in [0.2, 0.25) is 0 Å². The fourth-order valence-electron chi connectivity index (χ4n) is 3.03. The minimum atomic E-state index is -0.723. The fourth-order valence-corrected chi connectivity index (χ4v) is 3.03. The van der Waals surface area contributed by atoms with Crippen molar-refractivity contribution in [1.29, 1.82) is 5.26 Å². The fraction of sp³-hybridized carbons (Fsp3) is 0.111. The second-order valence-electron chi connectivity index (χ2n) is 5.96. The molecular formula is C18H14ClN7O2. The normalized spacial score (nSPS) is 13.6. The van der Waals surface area contributed by atoms with Crippen LogP contribution in [0.3, 0.4) is 0 Å². The van der Waals surface area contributed by atoms with E-state index in [2.05, 4.69) is 15.1 Å². The topological polar surface area (TPSA) is 131 Å². The summed E-state index contributed by atoms with van der Waals surface area (Å²) in [5.41, 5.74) is 6.85. The summed E-state index contributed by atoms with van der Waals surface area (Å²) < 4.78 is 1.37. The molecule has 1 aliphatic heterocycles. The third-order valence-corrected chi connectivity index (χ3v) is 4.33. The van der Waals surface area contributed by atoms with Crippen LogP contribution in [0.4, 0.5) is 5.95 Å². The number of nitriles is 1. The highest BCUT2D eigenvalue weighted by Gasteiger charge is 2.40. The van der Waals surface area contributed by atoms with Crippen LogP contribution >= 0.6 is 12.4 Å². The molecule has 0 bridgehead atoms. The Labute approximate surface area is 165 Å². The van der Waals surface area contributed by atoms with E-state index in [9.17, 15) is 9.59 Å². The van der Waals surface area contributed by atoms with E-state index in [1.54, 1.807) is 43.3 Å². The Bertz CT molecular complexity index is 1080. The first-order chi connectivity index (χ1) is 13.0. The molecule has 0 saturated carbocycles. The second-order valence-corrected chi connectivity index (χ2v) is 5.96. The van der Waals surface area contributed by atoms with Crippen molar-refractivity contribution in [2.24, 2.45) is 0 Å². The molecule has 0 radical (unpaired) electrons. The summed E-state index contributed by atoms with van der Waals surface area (Å²) in [4.78, 5) is 34.9. The van der Waals surface area contributed by atoms with Gasteiger partial charge in [0.1, 0.15) is 6.07 Å². The second kappa shape index (κ2) is 7.09. The highest BCUT2D eigenvalue weighted by Crippen LogP contribution is 2.31. The lowest BCUT2D eigenvalue weighted by atomic mass is 10.1. The molecule has 140 valence electrons. The van der Waals surface area contributed by atoms with Gasteiger partial charge in [-0.2, -0.15) is 14.9 Å². The Morgan fingerprint density at radius 1 is 1.11 bits per heavy atom. The van der Waals surface area contributed by atoms with Gasteiger partial charge in [-0.1, -0.05) is 12.1 Å². The number of rotatable bonds is 3. The number of anilines is 1. The molecule has 1 atom stereocenters. The maximum atomic E-state index is 12.7. The first kappa shape index (κ1) is 19.0. The standard InChI is InChI=1S/C18H13N7O2.ClH/c1-10(24-16(26)12-4-2-3-5-13(12)17(24)27)15-22-18(20)23-25(15)14-7-6-11(8-19)9-21-14;/h2-7,9-10H,1H3,(H2,20,23);1H. The van der Waals surface area contributed by atoms with Crippen LogP contribution in [0.15, 0.2) is 42.6 Å². The zero-order chi connectivity index (χ0) is 19.1. The predicted octanol–water partition coefficient (Wildman–Crippen LogP) is 1.90. The van der Waals surface area contributed by atoms with E-state index in [1.807, 2.05) is 6.07 Å². The van der Waals surface area contributed by atoms with Crippen molar-refractivity contribution >= 4 is 30.2 Å². The number of fused-ring (bicyclic) bond motifs is 1. The van der Waals surface area contributed by atoms with Crippen molar-refractivity contribution in [2.75, 3.05) is 5.73 Å². The van der Waals surface area contributed by atoms with E-state index in [1.165, 1.54) is 10.9 Å². The molecule has 10 heteroatoms. The highest BCUT2D eigenvalue weighted by molar-refractivity contribution is 6.21. The van der Waals surface area contributed by atoms with E-state index in [0.717, 1.165) is 4.90 Å². The summed E-state index contributed by atoms with van der Waals surface area (Å²) in [6.07, 6.45) is 1.39. The summed E-state index contributed by atoms with van der Waals surface area (Å²) in [5.74, 6) is -0.150. The van der Waals surface area contributed by atoms with Gasteiger partial charge in [0.25, 0.3) is 11.8 Å². The molecular weight excluding hydrogens is 382 g/mol. The van der Waals surface area contributed by atoms with Crippen LogP contribution in [0.1, 0.15) is 45.1 Å². The summed E-state index contributed by atoms with van der Waals surface area (Å²) >= 11 is 0. The van der Waals surface area contributed by atoms with Gasteiger partial charge in [-0.3, -0.25) is 14.5 Å². The minimum absolute atomic E-state index is 0. The summed E-state index contributed by atoms with van der Waals surface area (Å²) in [6, 6.07) is 11.1. The maximum Gasteiger partial charge on any atom is 0.262 e. The summed E-state index contributed by atoms with van der Waals surface area (Å²) in [6.45, 7) is 1.67. The number of aromatic nitrogens is 4. The van der Waals surface area contributed by atoms with Gasteiger partial charge in [0.05, 0.1) is 22.7 Å². The van der Waals surface area contributed by atoms with Crippen LogP contribution in [-0.2, 0) is 0 Å². The molecule has 0 spiro atoms. The zero-order valence-electron chi connectivity index (χ0n) is 14.6. The number of hydrogen-bond donors (Lipinski definition) is 1. The van der Waals surface area contributed by atoms with E-state index < -0.39 is 17.9 Å². The molecule has 2 N–H and O–H groups in total. The van der Waals surface area contributed by atoms with E-state index in [0.29, 0.717) is 28.3 Å². The Hall–Kier alpha value is -3.77. The van der Waals surface area contributed by atoms with Gasteiger partial charge in [0.15, 0.2) is 11.6 Å². The number of benzene rings is 1. The van der Waals surface area contributed by atoms with Crippen LogP contribution in [0.25, 0.3) is 5.82 Å². The van der Waals surface area contributed by atoms with Crippen LogP contribution in [0, 0.1) is 11.3 Å². The molecule has 1 aromatic carbocycles. The highest BCUT2D eigenvalue weighted by atomic mass is 35.5. The minimum Gasteiger partial charge on any atom is -0.366 e. The Kier molecular flexibility index (Phi) is 4.81. The first-order valence-electron chi connectivity index (χ1n) is 8.07. The summed E-state index contributed by atoms with van der Waals surface area (Å²) in [5, 5.41) is 13.0. The zero-order valence-corrected chi connectivity index (χ0v) is 15.4. The third kappa shape index (κ3) is 2.86. The Morgan fingerprint density at radius 3 is 2.29 bits per heavy atom. The predicted molar refractivity (Wildman–Crippen MR) is 101 cm³/mol. The number of imide groups is 1. The molecule has 3 heterocycles. The number of nitrogen functional groups attached to an aromatic ring is 1. The van der Waals surface area contributed by atoms with Crippen LogP contribution < -0.4 is 5.73 Å². The molecule has 1 aliphatic rings. The lowest BCUT2D eigenvalue weighted by Gasteiger charge is -2.21. The van der Waals surface area contributed by atoms with Gasteiger partial charge in [0.2, 0.25) is 5.95 Å². The number of nitrogens with zero attached hydrogens (tertiary/aromatic N) is 6. The number of nitrogens with two attached hydrogens (primary N) is 1. The van der Waals surface area contributed by atoms with Gasteiger partial charge < -0.3 is 5.73 Å². The van der Waals surface area contributed by atoms with Gasteiger partial charge >= 0.3 is 0 Å². The molecule has 28 heavy (non-hydrogen) atoms. The maximum absolute atomic E-state index is 12.7. The largest absolute Gasteiger partial charge is 0.366 e. The molecule has 4 rings (SSSR count). The van der Waals surface area contributed by atoms with Gasteiger partial charge in [-0.25, -0.2) is 4.98 Å². The molecule has 0 saturated heterocycles. The van der Waals surface area contributed by atoms with E-state index >= 15 is 0 Å². The van der Waals surface area contributed by atoms with Crippen LogP contribution in [-0.4, -0.2) is 36.5 Å². The number of amides is 2. The molecule has 0 aliphatic carbocycles. The van der Waals surface area contributed by atoms with Gasteiger partial charge in [-0.05, 0) is 31.2 Å². The SMILES string of the molecule is CC(c1nc(N)nn1-c1ccc(C#N)cn1)N1C(=O)c2ccccc2C1=O.Cl. The van der Waals surface area contributed by atoms with Crippen molar-refractivity contribution < 1.29 is 9.59 Å². The lowest BCUT2D eigenvalue weighted by molar-refractivity contribution is 0.0587. The van der Waals surface area contributed by atoms with Crippen molar-refractivity contribution in [2.45, 2.75) is 13.0 Å². The summed E-state index contributed by atoms with van der Waals surface area (Å²) in [7, 11) is 0. The molecule has 2 aromatic heterocycles. The van der Waals surface area contributed by atoms with E-state index in [-0.39, 0.29) is 18.4 Å². The van der Waals surface area contributed by atoms with Crippen molar-refractivity contribution in [3.05, 3.63) is 65.1 Å². The first-order valence-corrected chi connectivity index (χ1v) is 8.07. The number of halogens is 1. The molecule has 2 amide bonds. The van der Waals surface area contributed by atoms with Gasteiger partial charge in [0, 0.05) is 6.20 Å². The van der Waals surface area contributed by atoms with E-state index in [4.69, 9.17) is 11.0 Å². The van der Waals surface area contributed by atoms with Crippen molar-refractivity contribution in [3.63, 3.8) is 0 Å².